The topological polar surface area (TPSA) is 41.1 Å². The Bertz CT molecular complexity index is 834. The van der Waals surface area contributed by atoms with Gasteiger partial charge in [-0.3, -0.25) is 4.79 Å². The summed E-state index contributed by atoms with van der Waals surface area (Å²) in [5.74, 6) is -0.0829. The Morgan fingerprint density at radius 3 is 2.34 bits per heavy atom. The lowest BCUT2D eigenvalue weighted by atomic mass is 9.82. The predicted octanol–water partition coefficient (Wildman–Crippen LogP) is 6.15. The van der Waals surface area contributed by atoms with Gasteiger partial charge in [-0.1, -0.05) is 29.8 Å². The summed E-state index contributed by atoms with van der Waals surface area (Å²) in [6.07, 6.45) is -1.08. The van der Waals surface area contributed by atoms with Crippen molar-refractivity contribution in [3.8, 4) is 0 Å². The smallest absolute Gasteiger partial charge is 0.382 e. The number of anilines is 1. The van der Waals surface area contributed by atoms with Crippen molar-refractivity contribution in [2.45, 2.75) is 50.9 Å². The summed E-state index contributed by atoms with van der Waals surface area (Å²) in [6, 6.07) is 13.1. The Labute approximate surface area is 173 Å². The highest BCUT2D eigenvalue weighted by atomic mass is 35.5. The molecule has 0 saturated heterocycles. The first kappa shape index (κ1) is 21.5. The van der Waals surface area contributed by atoms with Crippen molar-refractivity contribution in [1.82, 2.24) is 5.32 Å². The van der Waals surface area contributed by atoms with Crippen LogP contribution >= 0.6 is 11.6 Å². The van der Waals surface area contributed by atoms with Crippen LogP contribution in [0.4, 0.5) is 18.9 Å². The number of alkyl halides is 3. The normalized spacial score (nSPS) is 20.7. The van der Waals surface area contributed by atoms with Crippen LogP contribution in [0.15, 0.2) is 48.5 Å². The average Bonchev–Trinajstić information content (AvgIpc) is 2.68. The monoisotopic (exact) mass is 424 g/mol. The first-order valence-corrected chi connectivity index (χ1v) is 10.1. The molecule has 1 amide bonds. The minimum absolute atomic E-state index is 0.0184. The molecule has 0 spiro atoms. The minimum atomic E-state index is -4.51. The van der Waals surface area contributed by atoms with E-state index in [0.717, 1.165) is 49.6 Å². The van der Waals surface area contributed by atoms with Gasteiger partial charge in [-0.25, -0.2) is 0 Å². The van der Waals surface area contributed by atoms with Gasteiger partial charge in [-0.05, 0) is 68.9 Å². The lowest BCUT2D eigenvalue weighted by Crippen LogP contribution is -2.40. The maximum absolute atomic E-state index is 12.9. The van der Waals surface area contributed by atoms with E-state index in [9.17, 15) is 18.0 Å². The van der Waals surface area contributed by atoms with Gasteiger partial charge < -0.3 is 10.6 Å². The fourth-order valence-electron chi connectivity index (χ4n) is 3.82. The van der Waals surface area contributed by atoms with Crippen LogP contribution in [-0.4, -0.2) is 18.0 Å². The second-order valence-corrected chi connectivity index (χ2v) is 7.98. The predicted molar refractivity (Wildman–Crippen MR) is 109 cm³/mol. The number of benzene rings is 2. The quantitative estimate of drug-likeness (QED) is 0.604. The fraction of sp³-hybridized carbons (Fsp3) is 0.409. The van der Waals surface area contributed by atoms with Crippen LogP contribution in [0.2, 0.25) is 5.02 Å². The van der Waals surface area contributed by atoms with Gasteiger partial charge in [0.25, 0.3) is 5.91 Å². The largest absolute Gasteiger partial charge is 0.416 e. The van der Waals surface area contributed by atoms with Crippen LogP contribution in [0.25, 0.3) is 0 Å². The molecule has 3 rings (SSSR count). The third-order valence-electron chi connectivity index (χ3n) is 5.52. The van der Waals surface area contributed by atoms with Crippen LogP contribution in [0.3, 0.4) is 0 Å². The molecule has 0 aromatic heterocycles. The van der Waals surface area contributed by atoms with Crippen LogP contribution in [0.5, 0.6) is 0 Å². The molecule has 0 unspecified atom stereocenters. The molecule has 0 radical (unpaired) electrons. The van der Waals surface area contributed by atoms with Crippen molar-refractivity contribution >= 4 is 23.2 Å². The molecule has 2 aromatic carbocycles. The van der Waals surface area contributed by atoms with E-state index in [0.29, 0.717) is 12.0 Å². The Hall–Kier alpha value is -2.21. The molecular weight excluding hydrogens is 401 g/mol. The third kappa shape index (κ3) is 5.66. The molecule has 2 aromatic rings. The second kappa shape index (κ2) is 9.08. The summed E-state index contributed by atoms with van der Waals surface area (Å²) in [4.78, 5) is 12.5. The van der Waals surface area contributed by atoms with Crippen LogP contribution < -0.4 is 10.6 Å². The Morgan fingerprint density at radius 1 is 1.07 bits per heavy atom. The number of para-hydroxylation sites is 1. The number of nitrogens with one attached hydrogen (secondary N) is 2. The van der Waals surface area contributed by atoms with Crippen molar-refractivity contribution in [2.75, 3.05) is 5.32 Å². The van der Waals surface area contributed by atoms with Gasteiger partial charge >= 0.3 is 6.18 Å². The zero-order valence-corrected chi connectivity index (χ0v) is 16.9. The summed E-state index contributed by atoms with van der Waals surface area (Å²) in [7, 11) is 0. The van der Waals surface area contributed by atoms with Gasteiger partial charge in [-0.15, -0.1) is 0 Å². The highest BCUT2D eigenvalue weighted by Gasteiger charge is 2.32. The lowest BCUT2D eigenvalue weighted by Gasteiger charge is -2.33. The third-order valence-corrected chi connectivity index (χ3v) is 5.85. The van der Waals surface area contributed by atoms with Crippen molar-refractivity contribution in [3.63, 3.8) is 0 Å². The average molecular weight is 425 g/mol. The van der Waals surface area contributed by atoms with E-state index >= 15 is 0 Å². The van der Waals surface area contributed by atoms with E-state index in [4.69, 9.17) is 11.6 Å². The van der Waals surface area contributed by atoms with Crippen molar-refractivity contribution in [2.24, 2.45) is 5.92 Å². The maximum Gasteiger partial charge on any atom is 0.416 e. The standard InChI is InChI=1S/C22H24ClF3N2O/c1-14(27-17-5-3-2-4-6-17)15-7-10-18(11-8-15)28-21(29)19-13-16(22(24,25)26)9-12-20(19)23/h2-6,9,12-15,18,27H,7-8,10-11H2,1H3,(H,28,29)/t14-,15-,18-/m0/s1. The molecule has 156 valence electrons. The van der Waals surface area contributed by atoms with Crippen molar-refractivity contribution in [1.29, 1.82) is 0 Å². The number of rotatable bonds is 5. The van der Waals surface area contributed by atoms with Gasteiger partial charge in [0, 0.05) is 17.8 Å². The molecule has 0 aliphatic heterocycles. The summed E-state index contributed by atoms with van der Waals surface area (Å²) < 4.78 is 38.7. The minimum Gasteiger partial charge on any atom is -0.382 e. The van der Waals surface area contributed by atoms with E-state index < -0.39 is 17.6 Å². The van der Waals surface area contributed by atoms with Crippen molar-refractivity contribution < 1.29 is 18.0 Å². The molecule has 1 saturated carbocycles. The molecule has 1 aliphatic carbocycles. The molecule has 7 heteroatoms. The van der Waals surface area contributed by atoms with E-state index in [1.165, 1.54) is 0 Å². The Morgan fingerprint density at radius 2 is 1.72 bits per heavy atom. The second-order valence-electron chi connectivity index (χ2n) is 7.58. The number of carbonyl (C=O) groups excluding carboxylic acids is 1. The van der Waals surface area contributed by atoms with Crippen LogP contribution in [0, 0.1) is 5.92 Å². The van der Waals surface area contributed by atoms with Crippen LogP contribution in [-0.2, 0) is 6.18 Å². The summed E-state index contributed by atoms with van der Waals surface area (Å²) in [6.45, 7) is 2.15. The zero-order chi connectivity index (χ0) is 21.0. The van der Waals surface area contributed by atoms with Crippen molar-refractivity contribution in [3.05, 3.63) is 64.7 Å². The molecule has 1 atom stereocenters. The lowest BCUT2D eigenvalue weighted by molar-refractivity contribution is -0.137. The van der Waals surface area contributed by atoms with Crippen LogP contribution in [0.1, 0.15) is 48.5 Å². The molecule has 3 nitrogen and oxygen atoms in total. The molecule has 1 aliphatic rings. The molecule has 2 N–H and O–H groups in total. The summed E-state index contributed by atoms with van der Waals surface area (Å²) >= 11 is 5.96. The molecule has 29 heavy (non-hydrogen) atoms. The molecule has 0 bridgehead atoms. The molecule has 0 heterocycles. The number of carbonyl (C=O) groups is 1. The molecular formula is C22H24ClF3N2O. The highest BCUT2D eigenvalue weighted by Crippen LogP contribution is 2.32. The maximum atomic E-state index is 12.9. The van der Waals surface area contributed by atoms with Gasteiger partial charge in [0.2, 0.25) is 0 Å². The number of halogens is 4. The SMILES string of the molecule is C[C@H](Nc1ccccc1)[C@H]1CC[C@H](NC(=O)c2cc(C(F)(F)F)ccc2Cl)CC1. The van der Waals surface area contributed by atoms with Gasteiger partial charge in [0.1, 0.15) is 0 Å². The molecule has 1 fully saturated rings. The Kier molecular flexibility index (Phi) is 6.73. The van der Waals surface area contributed by atoms with Gasteiger partial charge in [0.15, 0.2) is 0 Å². The van der Waals surface area contributed by atoms with Gasteiger partial charge in [0.05, 0.1) is 16.1 Å². The Balaban J connectivity index is 1.55. The zero-order valence-electron chi connectivity index (χ0n) is 16.1. The van der Waals surface area contributed by atoms with E-state index in [2.05, 4.69) is 17.6 Å². The van der Waals surface area contributed by atoms with E-state index in [-0.39, 0.29) is 16.6 Å². The fourth-order valence-corrected chi connectivity index (χ4v) is 4.02. The number of hydrogen-bond acceptors (Lipinski definition) is 2. The summed E-state index contributed by atoms with van der Waals surface area (Å²) in [5.41, 5.74) is 0.0638. The number of amides is 1. The summed E-state index contributed by atoms with van der Waals surface area (Å²) in [5, 5.41) is 6.38. The van der Waals surface area contributed by atoms with E-state index in [1.807, 2.05) is 30.3 Å². The van der Waals surface area contributed by atoms with E-state index in [1.54, 1.807) is 0 Å². The first-order valence-electron chi connectivity index (χ1n) is 9.73. The van der Waals surface area contributed by atoms with Gasteiger partial charge in [-0.2, -0.15) is 13.2 Å². The highest BCUT2D eigenvalue weighted by molar-refractivity contribution is 6.33. The number of hydrogen-bond donors (Lipinski definition) is 2. The first-order chi connectivity index (χ1) is 13.7.